The first-order valence-electron chi connectivity index (χ1n) is 8.16. The van der Waals surface area contributed by atoms with Crippen LogP contribution in [0.25, 0.3) is 0 Å². The minimum absolute atomic E-state index is 0.0496. The second-order valence-corrected chi connectivity index (χ2v) is 6.35. The first-order chi connectivity index (χ1) is 12.2. The van der Waals surface area contributed by atoms with Crippen LogP contribution in [0.4, 0.5) is 24.5 Å². The summed E-state index contributed by atoms with van der Waals surface area (Å²) in [4.78, 5) is 6.24. The van der Waals surface area contributed by atoms with Gasteiger partial charge in [0, 0.05) is 25.8 Å². The predicted octanol–water partition coefficient (Wildman–Crippen LogP) is 5.89. The van der Waals surface area contributed by atoms with Crippen LogP contribution in [0, 0.1) is 6.92 Å². The molecule has 0 radical (unpaired) electrons. The Bertz CT molecular complexity index is 788. The van der Waals surface area contributed by atoms with Crippen LogP contribution in [-0.4, -0.2) is 24.8 Å². The van der Waals surface area contributed by atoms with Crippen LogP contribution in [0.5, 0.6) is 0 Å². The highest BCUT2D eigenvalue weighted by molar-refractivity contribution is 6.33. The highest BCUT2D eigenvalue weighted by Crippen LogP contribution is 2.34. The molecule has 0 saturated carbocycles. The number of hydrogen-bond donors (Lipinski definition) is 1. The molecule has 1 N–H and O–H groups in total. The molecule has 0 atom stereocenters. The molecule has 0 heterocycles. The SMILES string of the molecule is CCN(C)C=Nc1cc(C)c(NCc2ccccc2C(F)(F)F)cc1Cl. The van der Waals surface area contributed by atoms with Crippen LogP contribution < -0.4 is 5.32 Å². The number of hydrogen-bond acceptors (Lipinski definition) is 2. The normalized spacial score (nSPS) is 11.8. The second kappa shape index (κ2) is 8.45. The molecule has 0 bridgehead atoms. The number of aryl methyl sites for hydroxylation is 1. The number of nitrogens with zero attached hydrogens (tertiary/aromatic N) is 2. The summed E-state index contributed by atoms with van der Waals surface area (Å²) in [7, 11) is 1.90. The molecule has 26 heavy (non-hydrogen) atoms. The van der Waals surface area contributed by atoms with E-state index in [0.717, 1.165) is 18.2 Å². The third-order valence-electron chi connectivity index (χ3n) is 3.98. The van der Waals surface area contributed by atoms with Gasteiger partial charge in [0.05, 0.1) is 22.6 Å². The number of aliphatic imine (C=N–C) groups is 1. The van der Waals surface area contributed by atoms with E-state index >= 15 is 0 Å². The number of nitrogens with one attached hydrogen (secondary N) is 1. The Morgan fingerprint density at radius 2 is 1.92 bits per heavy atom. The molecule has 0 fully saturated rings. The lowest BCUT2D eigenvalue weighted by Crippen LogP contribution is -2.14. The standard InChI is InChI=1S/C19H21ClF3N3/c1-4-26(3)12-25-18-9-13(2)17(10-16(18)20)24-11-14-7-5-6-8-15(14)19(21,22)23/h5-10,12,24H,4,11H2,1-3H3. The fourth-order valence-electron chi connectivity index (χ4n) is 2.34. The van der Waals surface area contributed by atoms with Crippen LogP contribution in [0.2, 0.25) is 5.02 Å². The summed E-state index contributed by atoms with van der Waals surface area (Å²) in [6.07, 6.45) is -2.69. The van der Waals surface area contributed by atoms with Gasteiger partial charge in [0.2, 0.25) is 0 Å². The van der Waals surface area contributed by atoms with Gasteiger partial charge in [-0.1, -0.05) is 29.8 Å². The summed E-state index contributed by atoms with van der Waals surface area (Å²) >= 11 is 6.26. The molecule has 0 unspecified atom stereocenters. The first-order valence-corrected chi connectivity index (χ1v) is 8.53. The molecular weight excluding hydrogens is 363 g/mol. The van der Waals surface area contributed by atoms with E-state index in [1.165, 1.54) is 12.1 Å². The van der Waals surface area contributed by atoms with Crippen molar-refractivity contribution in [2.24, 2.45) is 4.99 Å². The quantitative estimate of drug-likeness (QED) is 0.497. The zero-order chi connectivity index (χ0) is 19.3. The summed E-state index contributed by atoms with van der Waals surface area (Å²) in [6.45, 7) is 4.73. The van der Waals surface area contributed by atoms with Crippen molar-refractivity contribution in [3.8, 4) is 0 Å². The van der Waals surface area contributed by atoms with Gasteiger partial charge in [-0.25, -0.2) is 4.99 Å². The summed E-state index contributed by atoms with van der Waals surface area (Å²) in [5.74, 6) is 0. The first kappa shape index (κ1) is 20.1. The summed E-state index contributed by atoms with van der Waals surface area (Å²) in [6, 6.07) is 9.01. The van der Waals surface area contributed by atoms with Crippen molar-refractivity contribution >= 4 is 29.3 Å². The predicted molar refractivity (Wildman–Crippen MR) is 101 cm³/mol. The summed E-state index contributed by atoms with van der Waals surface area (Å²) in [5.41, 5.74) is 1.69. The molecule has 0 aliphatic rings. The minimum atomic E-state index is -4.38. The van der Waals surface area contributed by atoms with Crippen LogP contribution >= 0.6 is 11.6 Å². The van der Waals surface area contributed by atoms with E-state index in [0.29, 0.717) is 16.4 Å². The number of benzene rings is 2. The molecule has 140 valence electrons. The van der Waals surface area contributed by atoms with Crippen LogP contribution in [0.15, 0.2) is 41.4 Å². The molecule has 3 nitrogen and oxygen atoms in total. The molecule has 0 spiro atoms. The molecule has 0 aliphatic carbocycles. The van der Waals surface area contributed by atoms with Crippen molar-refractivity contribution in [1.82, 2.24) is 4.90 Å². The fraction of sp³-hybridized carbons (Fsp3) is 0.316. The van der Waals surface area contributed by atoms with E-state index < -0.39 is 11.7 Å². The van der Waals surface area contributed by atoms with E-state index in [1.807, 2.05) is 25.8 Å². The number of anilines is 1. The fourth-order valence-corrected chi connectivity index (χ4v) is 2.55. The molecular formula is C19H21ClF3N3. The highest BCUT2D eigenvalue weighted by Gasteiger charge is 2.32. The Morgan fingerprint density at radius 3 is 2.58 bits per heavy atom. The van der Waals surface area contributed by atoms with Gasteiger partial charge in [0.25, 0.3) is 0 Å². The molecule has 0 amide bonds. The van der Waals surface area contributed by atoms with E-state index in [-0.39, 0.29) is 12.1 Å². The smallest absolute Gasteiger partial charge is 0.381 e. The lowest BCUT2D eigenvalue weighted by molar-refractivity contribution is -0.138. The molecule has 7 heteroatoms. The minimum Gasteiger partial charge on any atom is -0.381 e. The third kappa shape index (κ3) is 5.14. The van der Waals surface area contributed by atoms with Gasteiger partial charge in [-0.15, -0.1) is 0 Å². The van der Waals surface area contributed by atoms with Gasteiger partial charge in [-0.2, -0.15) is 13.2 Å². The molecule has 2 rings (SSSR count). The largest absolute Gasteiger partial charge is 0.416 e. The number of rotatable bonds is 6. The van der Waals surface area contributed by atoms with Crippen molar-refractivity contribution in [1.29, 1.82) is 0 Å². The van der Waals surface area contributed by atoms with Gasteiger partial charge in [0.15, 0.2) is 0 Å². The van der Waals surface area contributed by atoms with Crippen molar-refractivity contribution < 1.29 is 13.2 Å². The van der Waals surface area contributed by atoms with Gasteiger partial charge in [-0.05, 0) is 43.2 Å². The van der Waals surface area contributed by atoms with Crippen LogP contribution in [-0.2, 0) is 12.7 Å². The lowest BCUT2D eigenvalue weighted by Gasteiger charge is -2.16. The van der Waals surface area contributed by atoms with Gasteiger partial charge in [0.1, 0.15) is 0 Å². The third-order valence-corrected chi connectivity index (χ3v) is 4.28. The Hall–Kier alpha value is -2.21. The monoisotopic (exact) mass is 383 g/mol. The molecule has 0 aromatic heterocycles. The zero-order valence-corrected chi connectivity index (χ0v) is 15.6. The van der Waals surface area contributed by atoms with Crippen LogP contribution in [0.1, 0.15) is 23.6 Å². The van der Waals surface area contributed by atoms with Gasteiger partial charge >= 0.3 is 6.18 Å². The topological polar surface area (TPSA) is 27.6 Å². The Morgan fingerprint density at radius 1 is 1.23 bits per heavy atom. The van der Waals surface area contributed by atoms with E-state index in [2.05, 4.69) is 10.3 Å². The Balaban J connectivity index is 2.19. The maximum Gasteiger partial charge on any atom is 0.416 e. The average Bonchev–Trinajstić information content (AvgIpc) is 2.60. The van der Waals surface area contributed by atoms with Gasteiger partial charge in [-0.3, -0.25) is 0 Å². The molecule has 2 aromatic rings. The summed E-state index contributed by atoms with van der Waals surface area (Å²) < 4.78 is 39.2. The molecule has 0 aliphatic heterocycles. The number of halogens is 4. The highest BCUT2D eigenvalue weighted by atomic mass is 35.5. The molecule has 0 saturated heterocycles. The van der Waals surface area contributed by atoms with Crippen molar-refractivity contribution in [2.75, 3.05) is 18.9 Å². The van der Waals surface area contributed by atoms with Crippen molar-refractivity contribution in [2.45, 2.75) is 26.6 Å². The number of alkyl halides is 3. The van der Waals surface area contributed by atoms with Crippen molar-refractivity contribution in [3.05, 3.63) is 58.1 Å². The summed E-state index contributed by atoms with van der Waals surface area (Å²) in [5, 5.41) is 3.47. The van der Waals surface area contributed by atoms with Crippen LogP contribution in [0.3, 0.4) is 0 Å². The van der Waals surface area contributed by atoms with E-state index in [9.17, 15) is 13.2 Å². The Labute approximate surface area is 156 Å². The second-order valence-electron chi connectivity index (χ2n) is 5.94. The van der Waals surface area contributed by atoms with Crippen molar-refractivity contribution in [3.63, 3.8) is 0 Å². The maximum absolute atomic E-state index is 13.1. The molecule has 2 aromatic carbocycles. The Kier molecular flexibility index (Phi) is 6.53. The van der Waals surface area contributed by atoms with E-state index in [1.54, 1.807) is 24.5 Å². The lowest BCUT2D eigenvalue weighted by atomic mass is 10.1. The van der Waals surface area contributed by atoms with E-state index in [4.69, 9.17) is 11.6 Å². The maximum atomic E-state index is 13.1. The average molecular weight is 384 g/mol. The zero-order valence-electron chi connectivity index (χ0n) is 14.9. The van der Waals surface area contributed by atoms with Gasteiger partial charge < -0.3 is 10.2 Å².